The average molecular weight is 553 g/mol. The molecule has 1 aromatic carbocycles. The van der Waals surface area contributed by atoms with Crippen LogP contribution in [0.1, 0.15) is 44.6 Å². The first-order chi connectivity index (χ1) is 19.4. The smallest absolute Gasteiger partial charge is 0.346 e. The molecule has 0 unspecified atom stereocenters. The van der Waals surface area contributed by atoms with E-state index in [1.54, 1.807) is 22.1 Å². The van der Waals surface area contributed by atoms with Crippen molar-refractivity contribution < 1.29 is 14.4 Å². The van der Waals surface area contributed by atoms with Gasteiger partial charge < -0.3 is 20.9 Å². The van der Waals surface area contributed by atoms with Gasteiger partial charge >= 0.3 is 11.7 Å². The molecule has 4 N–H and O–H groups in total. The fraction of sp³-hybridized carbons (Fsp3) is 0.536. The van der Waals surface area contributed by atoms with E-state index >= 15 is 0 Å². The van der Waals surface area contributed by atoms with E-state index in [1.807, 2.05) is 12.1 Å². The minimum atomic E-state index is -0.488. The first kappa shape index (κ1) is 29.2. The van der Waals surface area contributed by atoms with Crippen LogP contribution in [0, 0.1) is 0 Å². The standard InChI is InChI=1S/C28H40N8O4/c1-2-33(22-6-4-3-5-7-22)20-21-8-10-23(11-9-21)36-13-12-24(32-28(36)40)31-27(39)35-16-14-34(15-17-35)26(38)19-30-25(37)18-29/h8-13,22H,2-7,14-20,29H2,1H3,(H,30,37)(H,31,32,39,40). The molecule has 1 aromatic heterocycles. The molecule has 1 saturated heterocycles. The van der Waals surface area contributed by atoms with Crippen molar-refractivity contribution in [3.05, 3.63) is 52.6 Å². The third kappa shape index (κ3) is 7.66. The predicted molar refractivity (Wildman–Crippen MR) is 152 cm³/mol. The normalized spacial score (nSPS) is 16.2. The van der Waals surface area contributed by atoms with E-state index in [9.17, 15) is 19.2 Å². The molecule has 2 fully saturated rings. The Morgan fingerprint density at radius 3 is 2.30 bits per heavy atom. The molecule has 4 rings (SSSR count). The van der Waals surface area contributed by atoms with Crippen LogP contribution in [0.3, 0.4) is 0 Å². The highest BCUT2D eigenvalue weighted by atomic mass is 16.2. The minimum absolute atomic E-state index is 0.122. The van der Waals surface area contributed by atoms with E-state index in [0.717, 1.165) is 13.1 Å². The number of carbonyl (C=O) groups excluding carboxylic acids is 3. The molecular weight excluding hydrogens is 512 g/mol. The number of anilines is 1. The van der Waals surface area contributed by atoms with Gasteiger partial charge in [-0.3, -0.25) is 24.4 Å². The summed E-state index contributed by atoms with van der Waals surface area (Å²) in [6.07, 6.45) is 8.09. The third-order valence-corrected chi connectivity index (χ3v) is 7.68. The van der Waals surface area contributed by atoms with Gasteiger partial charge in [0.05, 0.1) is 18.8 Å². The molecule has 4 amide bonds. The van der Waals surface area contributed by atoms with Gasteiger partial charge in [-0.1, -0.05) is 38.3 Å². The number of urea groups is 1. The number of aromatic nitrogens is 2. The third-order valence-electron chi connectivity index (χ3n) is 7.68. The maximum absolute atomic E-state index is 12.8. The maximum Gasteiger partial charge on any atom is 0.354 e. The van der Waals surface area contributed by atoms with E-state index in [0.29, 0.717) is 37.9 Å². The summed E-state index contributed by atoms with van der Waals surface area (Å²) in [5.41, 5.74) is 6.66. The summed E-state index contributed by atoms with van der Waals surface area (Å²) in [5, 5.41) is 5.13. The molecule has 0 atom stereocenters. The van der Waals surface area contributed by atoms with Gasteiger partial charge in [0.2, 0.25) is 11.8 Å². The maximum atomic E-state index is 12.8. The number of carbonyl (C=O) groups is 3. The largest absolute Gasteiger partial charge is 0.354 e. The fourth-order valence-electron chi connectivity index (χ4n) is 5.32. The molecule has 216 valence electrons. The summed E-state index contributed by atoms with van der Waals surface area (Å²) in [6.45, 7) is 5.15. The molecule has 1 aliphatic carbocycles. The van der Waals surface area contributed by atoms with Crippen molar-refractivity contribution in [1.82, 2.24) is 29.6 Å². The van der Waals surface area contributed by atoms with Crippen LogP contribution in [0.4, 0.5) is 10.6 Å². The lowest BCUT2D eigenvalue weighted by molar-refractivity contribution is -0.133. The van der Waals surface area contributed by atoms with Crippen LogP contribution >= 0.6 is 0 Å². The van der Waals surface area contributed by atoms with Crippen molar-refractivity contribution in [3.63, 3.8) is 0 Å². The van der Waals surface area contributed by atoms with E-state index in [-0.39, 0.29) is 24.8 Å². The first-order valence-electron chi connectivity index (χ1n) is 14.1. The highest BCUT2D eigenvalue weighted by Crippen LogP contribution is 2.24. The number of nitrogens with one attached hydrogen (secondary N) is 2. The van der Waals surface area contributed by atoms with Gasteiger partial charge in [-0.2, -0.15) is 4.98 Å². The number of nitrogens with two attached hydrogens (primary N) is 1. The van der Waals surface area contributed by atoms with Crippen LogP contribution in [-0.4, -0.2) is 94.0 Å². The second-order valence-corrected chi connectivity index (χ2v) is 10.3. The van der Waals surface area contributed by atoms with Crippen LogP contribution in [-0.2, 0) is 16.1 Å². The number of rotatable bonds is 9. The second kappa shape index (κ2) is 14.0. The lowest BCUT2D eigenvalue weighted by Gasteiger charge is -2.34. The Kier molecular flexibility index (Phi) is 10.3. The van der Waals surface area contributed by atoms with Gasteiger partial charge in [-0.25, -0.2) is 9.59 Å². The zero-order chi connectivity index (χ0) is 28.5. The quantitative estimate of drug-likeness (QED) is 0.423. The van der Waals surface area contributed by atoms with E-state index in [1.165, 1.54) is 42.2 Å². The average Bonchev–Trinajstić information content (AvgIpc) is 2.99. The summed E-state index contributed by atoms with van der Waals surface area (Å²) < 4.78 is 1.45. The Labute approximate surface area is 234 Å². The lowest BCUT2D eigenvalue weighted by atomic mass is 9.94. The highest BCUT2D eigenvalue weighted by molar-refractivity contribution is 5.89. The van der Waals surface area contributed by atoms with Crippen LogP contribution in [0.5, 0.6) is 0 Å². The minimum Gasteiger partial charge on any atom is -0.346 e. The fourth-order valence-corrected chi connectivity index (χ4v) is 5.32. The molecule has 0 spiro atoms. The SMILES string of the molecule is CCN(Cc1ccc(-n2ccc(NC(=O)N3CCN(C(=O)CNC(=O)CN)CC3)nc2=O)cc1)C1CCCCC1. The number of nitrogens with zero attached hydrogens (tertiary/aromatic N) is 5. The zero-order valence-corrected chi connectivity index (χ0v) is 23.2. The van der Waals surface area contributed by atoms with Crippen LogP contribution in [0.2, 0.25) is 0 Å². The summed E-state index contributed by atoms with van der Waals surface area (Å²) in [4.78, 5) is 58.7. The molecule has 1 saturated carbocycles. The zero-order valence-electron chi connectivity index (χ0n) is 23.2. The summed E-state index contributed by atoms with van der Waals surface area (Å²) in [7, 11) is 0. The molecule has 40 heavy (non-hydrogen) atoms. The van der Waals surface area contributed by atoms with Gasteiger partial charge in [0.1, 0.15) is 5.82 Å². The molecule has 0 bridgehead atoms. The van der Waals surface area contributed by atoms with Crippen LogP contribution in [0.25, 0.3) is 5.69 Å². The monoisotopic (exact) mass is 552 g/mol. The van der Waals surface area contributed by atoms with Crippen LogP contribution < -0.4 is 22.1 Å². The molecule has 2 aromatic rings. The Balaban J connectivity index is 1.29. The molecule has 2 heterocycles. The first-order valence-corrected chi connectivity index (χ1v) is 14.1. The number of amides is 4. The van der Waals surface area contributed by atoms with Gasteiger partial charge in [0.25, 0.3) is 0 Å². The van der Waals surface area contributed by atoms with E-state index in [4.69, 9.17) is 5.73 Å². The lowest BCUT2D eigenvalue weighted by Crippen LogP contribution is -2.53. The van der Waals surface area contributed by atoms with Crippen molar-refractivity contribution in [1.29, 1.82) is 0 Å². The Morgan fingerprint density at radius 2 is 1.68 bits per heavy atom. The number of benzene rings is 1. The van der Waals surface area contributed by atoms with Gasteiger partial charge in [-0.15, -0.1) is 0 Å². The molecule has 0 radical (unpaired) electrons. The summed E-state index contributed by atoms with van der Waals surface area (Å²) in [5.74, 6) is -0.463. The molecule has 1 aliphatic heterocycles. The van der Waals surface area contributed by atoms with Gasteiger partial charge in [-0.05, 0) is 43.1 Å². The van der Waals surface area contributed by atoms with E-state index in [2.05, 4.69) is 39.6 Å². The molecule has 12 nitrogen and oxygen atoms in total. The molecular formula is C28H40N8O4. The second-order valence-electron chi connectivity index (χ2n) is 10.3. The summed E-state index contributed by atoms with van der Waals surface area (Å²) >= 11 is 0. The topological polar surface area (TPSA) is 146 Å². The number of hydrogen-bond acceptors (Lipinski definition) is 7. The van der Waals surface area contributed by atoms with Crippen LogP contribution in [0.15, 0.2) is 41.3 Å². The summed E-state index contributed by atoms with van der Waals surface area (Å²) in [6, 6.07) is 9.81. The van der Waals surface area contributed by atoms with Gasteiger partial charge in [0, 0.05) is 45.0 Å². The van der Waals surface area contributed by atoms with Crippen molar-refractivity contribution in [2.75, 3.05) is 51.1 Å². The Morgan fingerprint density at radius 1 is 1.00 bits per heavy atom. The number of piperazine rings is 1. The van der Waals surface area contributed by atoms with Crippen molar-refractivity contribution in [3.8, 4) is 5.69 Å². The molecule has 12 heteroatoms. The van der Waals surface area contributed by atoms with Crippen molar-refractivity contribution in [2.24, 2.45) is 5.73 Å². The van der Waals surface area contributed by atoms with Gasteiger partial charge in [0.15, 0.2) is 0 Å². The van der Waals surface area contributed by atoms with E-state index < -0.39 is 17.6 Å². The predicted octanol–water partition coefficient (Wildman–Crippen LogP) is 1.14. The Hall–Kier alpha value is -3.77. The van der Waals surface area contributed by atoms with Crippen molar-refractivity contribution >= 4 is 23.7 Å². The van der Waals surface area contributed by atoms with Crippen molar-refractivity contribution in [2.45, 2.75) is 51.6 Å². The number of hydrogen-bond donors (Lipinski definition) is 3. The Bertz CT molecular complexity index is 1220. The highest BCUT2D eigenvalue weighted by Gasteiger charge is 2.25. The molecule has 2 aliphatic rings.